The third kappa shape index (κ3) is 5.43. The number of nitrogens with zero attached hydrogens (tertiary/aromatic N) is 1. The molecule has 2 amide bonds. The Hall–Kier alpha value is -3.14. The zero-order valence-electron chi connectivity index (χ0n) is 14.5. The highest BCUT2D eigenvalue weighted by molar-refractivity contribution is 7.22. The summed E-state index contributed by atoms with van der Waals surface area (Å²) in [6.45, 7) is 1.40. The van der Waals surface area contributed by atoms with Crippen molar-refractivity contribution >= 4 is 44.2 Å². The van der Waals surface area contributed by atoms with Crippen LogP contribution in [0.15, 0.2) is 42.5 Å². The first kappa shape index (κ1) is 19.6. The van der Waals surface area contributed by atoms with Gasteiger partial charge < -0.3 is 15.4 Å². The van der Waals surface area contributed by atoms with E-state index in [1.54, 1.807) is 24.3 Å². The van der Waals surface area contributed by atoms with Crippen molar-refractivity contribution in [2.75, 3.05) is 10.6 Å². The molecule has 0 atom stereocenters. The fourth-order valence-electron chi connectivity index (χ4n) is 2.41. The van der Waals surface area contributed by atoms with Crippen LogP contribution < -0.4 is 15.4 Å². The van der Waals surface area contributed by atoms with Gasteiger partial charge in [-0.15, -0.1) is 13.2 Å². The van der Waals surface area contributed by atoms with Crippen molar-refractivity contribution in [3.8, 4) is 5.75 Å². The van der Waals surface area contributed by atoms with Crippen LogP contribution in [0.3, 0.4) is 0 Å². The monoisotopic (exact) mass is 409 g/mol. The number of carbonyl (C=O) groups is 2. The van der Waals surface area contributed by atoms with Crippen LogP contribution in [-0.2, 0) is 16.0 Å². The lowest BCUT2D eigenvalue weighted by atomic mass is 10.1. The average molecular weight is 409 g/mol. The molecule has 28 heavy (non-hydrogen) atoms. The van der Waals surface area contributed by atoms with E-state index < -0.39 is 6.36 Å². The van der Waals surface area contributed by atoms with Gasteiger partial charge >= 0.3 is 6.36 Å². The number of aromatic nitrogens is 1. The maximum atomic E-state index is 12.3. The van der Waals surface area contributed by atoms with Crippen LogP contribution in [0.2, 0.25) is 0 Å². The van der Waals surface area contributed by atoms with Gasteiger partial charge in [0.1, 0.15) is 5.75 Å². The number of rotatable bonds is 5. The number of hydrogen-bond donors (Lipinski definition) is 2. The molecule has 0 aliphatic heterocycles. The Balaban J connectivity index is 1.65. The third-order valence-corrected chi connectivity index (χ3v) is 4.41. The molecule has 6 nitrogen and oxygen atoms in total. The minimum absolute atomic E-state index is 0.0821. The van der Waals surface area contributed by atoms with E-state index in [-0.39, 0.29) is 29.1 Å². The lowest BCUT2D eigenvalue weighted by Gasteiger charge is -2.07. The molecule has 2 aromatic carbocycles. The molecule has 3 aromatic rings. The summed E-state index contributed by atoms with van der Waals surface area (Å²) >= 11 is 1.05. The second kappa shape index (κ2) is 7.85. The molecule has 0 spiro atoms. The first-order valence-electron chi connectivity index (χ1n) is 8.01. The molecule has 0 aliphatic rings. The van der Waals surface area contributed by atoms with Gasteiger partial charge in [0, 0.05) is 18.7 Å². The highest BCUT2D eigenvalue weighted by atomic mass is 32.1. The largest absolute Gasteiger partial charge is 0.573 e. The van der Waals surface area contributed by atoms with Crippen molar-refractivity contribution in [1.29, 1.82) is 0 Å². The number of nitrogens with one attached hydrogen (secondary N) is 2. The summed E-state index contributed by atoms with van der Waals surface area (Å²) in [7, 11) is 0. The number of amides is 2. The number of anilines is 2. The smallest absolute Gasteiger partial charge is 0.406 e. The number of halogens is 3. The number of fused-ring (bicyclic) bond motifs is 1. The molecular formula is C18H14F3N3O3S. The second-order valence-electron chi connectivity index (χ2n) is 5.80. The van der Waals surface area contributed by atoms with E-state index in [0.29, 0.717) is 15.9 Å². The second-order valence-corrected chi connectivity index (χ2v) is 6.83. The fourth-order valence-corrected chi connectivity index (χ4v) is 3.32. The number of hydrogen-bond acceptors (Lipinski definition) is 5. The van der Waals surface area contributed by atoms with Gasteiger partial charge in [-0.3, -0.25) is 9.59 Å². The van der Waals surface area contributed by atoms with Crippen molar-refractivity contribution < 1.29 is 27.5 Å². The quantitative estimate of drug-likeness (QED) is 0.657. The normalized spacial score (nSPS) is 11.3. The molecule has 0 unspecified atom stereocenters. The SMILES string of the molecule is CC(=O)Nc1ccc(CC(=O)Nc2nc3ccc(OC(F)(F)F)cc3s2)cc1. The van der Waals surface area contributed by atoms with Crippen LogP contribution in [0.5, 0.6) is 5.75 Å². The van der Waals surface area contributed by atoms with Crippen LogP contribution in [0.25, 0.3) is 10.2 Å². The molecule has 0 fully saturated rings. The summed E-state index contributed by atoms with van der Waals surface area (Å²) in [5.74, 6) is -0.857. The fraction of sp³-hybridized carbons (Fsp3) is 0.167. The standard InChI is InChI=1S/C18H14F3N3O3S/c1-10(25)22-12-4-2-11(3-5-12)8-16(26)24-17-23-14-7-6-13(9-15(14)28-17)27-18(19,20)21/h2-7,9H,8H2,1H3,(H,22,25)(H,23,24,26). The van der Waals surface area contributed by atoms with E-state index in [1.165, 1.54) is 19.1 Å². The van der Waals surface area contributed by atoms with E-state index in [0.717, 1.165) is 23.0 Å². The van der Waals surface area contributed by atoms with Crippen molar-refractivity contribution in [3.05, 3.63) is 48.0 Å². The van der Waals surface area contributed by atoms with E-state index in [1.807, 2.05) is 0 Å². The van der Waals surface area contributed by atoms with Crippen LogP contribution in [-0.4, -0.2) is 23.2 Å². The van der Waals surface area contributed by atoms with Crippen LogP contribution in [0, 0.1) is 0 Å². The predicted octanol–water partition coefficient (Wildman–Crippen LogP) is 4.33. The maximum absolute atomic E-state index is 12.3. The molecule has 0 bridgehead atoms. The van der Waals surface area contributed by atoms with Gasteiger partial charge in [-0.25, -0.2) is 4.98 Å². The van der Waals surface area contributed by atoms with Gasteiger partial charge in [-0.2, -0.15) is 0 Å². The van der Waals surface area contributed by atoms with E-state index in [9.17, 15) is 22.8 Å². The molecule has 3 rings (SSSR count). The Bertz CT molecular complexity index is 1020. The Labute approximate surface area is 161 Å². The Morgan fingerprint density at radius 3 is 2.46 bits per heavy atom. The van der Waals surface area contributed by atoms with Crippen molar-refractivity contribution in [3.63, 3.8) is 0 Å². The molecule has 146 valence electrons. The summed E-state index contributed by atoms with van der Waals surface area (Å²) in [6.07, 6.45) is -4.69. The predicted molar refractivity (Wildman–Crippen MR) is 99.4 cm³/mol. The van der Waals surface area contributed by atoms with Gasteiger partial charge in [-0.05, 0) is 29.8 Å². The molecule has 1 aromatic heterocycles. The van der Waals surface area contributed by atoms with Crippen LogP contribution >= 0.6 is 11.3 Å². The minimum atomic E-state index is -4.77. The molecule has 10 heteroatoms. The highest BCUT2D eigenvalue weighted by Gasteiger charge is 2.31. The van der Waals surface area contributed by atoms with E-state index >= 15 is 0 Å². The Morgan fingerprint density at radius 1 is 1.11 bits per heavy atom. The number of alkyl halides is 3. The number of carbonyl (C=O) groups excluding carboxylic acids is 2. The maximum Gasteiger partial charge on any atom is 0.573 e. The summed E-state index contributed by atoms with van der Waals surface area (Å²) in [4.78, 5) is 27.4. The molecule has 0 radical (unpaired) electrons. The molecular weight excluding hydrogens is 395 g/mol. The zero-order valence-corrected chi connectivity index (χ0v) is 15.3. The average Bonchev–Trinajstić information content (AvgIpc) is 2.96. The van der Waals surface area contributed by atoms with Crippen molar-refractivity contribution in [1.82, 2.24) is 4.98 Å². The zero-order chi connectivity index (χ0) is 20.3. The van der Waals surface area contributed by atoms with Gasteiger partial charge in [-0.1, -0.05) is 23.5 Å². The van der Waals surface area contributed by atoms with Gasteiger partial charge in [0.05, 0.1) is 16.6 Å². The molecule has 0 saturated carbocycles. The van der Waals surface area contributed by atoms with Crippen molar-refractivity contribution in [2.45, 2.75) is 19.7 Å². The topological polar surface area (TPSA) is 80.3 Å². The molecule has 1 heterocycles. The summed E-state index contributed by atoms with van der Waals surface area (Å²) < 4.78 is 41.2. The number of thiazole rings is 1. The number of ether oxygens (including phenoxy) is 1. The van der Waals surface area contributed by atoms with E-state index in [4.69, 9.17) is 0 Å². The lowest BCUT2D eigenvalue weighted by Crippen LogP contribution is -2.16. The Kier molecular flexibility index (Phi) is 5.50. The van der Waals surface area contributed by atoms with E-state index in [2.05, 4.69) is 20.4 Å². The van der Waals surface area contributed by atoms with Gasteiger partial charge in [0.15, 0.2) is 5.13 Å². The van der Waals surface area contributed by atoms with Gasteiger partial charge in [0.2, 0.25) is 11.8 Å². The van der Waals surface area contributed by atoms with Crippen LogP contribution in [0.4, 0.5) is 24.0 Å². The number of benzene rings is 2. The van der Waals surface area contributed by atoms with Crippen molar-refractivity contribution in [2.24, 2.45) is 0 Å². The molecule has 2 N–H and O–H groups in total. The lowest BCUT2D eigenvalue weighted by molar-refractivity contribution is -0.274. The molecule has 0 saturated heterocycles. The van der Waals surface area contributed by atoms with Gasteiger partial charge in [0.25, 0.3) is 0 Å². The van der Waals surface area contributed by atoms with Crippen LogP contribution in [0.1, 0.15) is 12.5 Å². The summed E-state index contributed by atoms with van der Waals surface area (Å²) in [6, 6.07) is 10.6. The Morgan fingerprint density at radius 2 is 1.82 bits per heavy atom. The summed E-state index contributed by atoms with van der Waals surface area (Å²) in [5.41, 5.74) is 1.81. The highest BCUT2D eigenvalue weighted by Crippen LogP contribution is 2.31. The first-order chi connectivity index (χ1) is 13.2. The first-order valence-corrected chi connectivity index (χ1v) is 8.82. The molecule has 0 aliphatic carbocycles. The minimum Gasteiger partial charge on any atom is -0.406 e. The third-order valence-electron chi connectivity index (χ3n) is 3.48. The summed E-state index contributed by atoms with van der Waals surface area (Å²) in [5, 5.41) is 5.54.